The van der Waals surface area contributed by atoms with Crippen LogP contribution < -0.4 is 5.32 Å². The zero-order valence-electron chi connectivity index (χ0n) is 13.1. The fourth-order valence-electron chi connectivity index (χ4n) is 4.32. The lowest BCUT2D eigenvalue weighted by molar-refractivity contribution is -0.123. The largest absolute Gasteiger partial charge is 0.352 e. The fourth-order valence-corrected chi connectivity index (χ4v) is 4.32. The average Bonchev–Trinajstić information content (AvgIpc) is 3.13. The monoisotopic (exact) mass is 311 g/mol. The molecule has 6 heteroatoms. The molecule has 1 heterocycles. The SMILES string of the molecule is Cc1cc(C(F)F)n(CC(=O)NC(C)C2CC3CCC2C3)n1. The molecule has 2 aliphatic rings. The molecule has 4 atom stereocenters. The topological polar surface area (TPSA) is 46.9 Å². The molecule has 1 aromatic heterocycles. The summed E-state index contributed by atoms with van der Waals surface area (Å²) < 4.78 is 26.9. The van der Waals surface area contributed by atoms with Crippen molar-refractivity contribution >= 4 is 5.91 Å². The summed E-state index contributed by atoms with van der Waals surface area (Å²) in [6, 6.07) is 1.44. The van der Waals surface area contributed by atoms with E-state index < -0.39 is 6.43 Å². The number of halogens is 2. The summed E-state index contributed by atoms with van der Waals surface area (Å²) in [6.07, 6.45) is 2.46. The van der Waals surface area contributed by atoms with Crippen molar-refractivity contribution in [1.82, 2.24) is 15.1 Å². The third-order valence-corrected chi connectivity index (χ3v) is 5.27. The van der Waals surface area contributed by atoms with Gasteiger partial charge >= 0.3 is 0 Å². The molecule has 0 aromatic carbocycles. The minimum Gasteiger partial charge on any atom is -0.352 e. The van der Waals surface area contributed by atoms with Gasteiger partial charge in [-0.1, -0.05) is 6.42 Å². The summed E-state index contributed by atoms with van der Waals surface area (Å²) in [6.45, 7) is 3.54. The number of hydrogen-bond donors (Lipinski definition) is 1. The van der Waals surface area contributed by atoms with Crippen molar-refractivity contribution < 1.29 is 13.6 Å². The Kier molecular flexibility index (Phi) is 4.19. The Bertz CT molecular complexity index is 558. The number of nitrogens with zero attached hydrogens (tertiary/aromatic N) is 2. The van der Waals surface area contributed by atoms with Gasteiger partial charge in [-0.2, -0.15) is 5.10 Å². The van der Waals surface area contributed by atoms with Gasteiger partial charge in [0.1, 0.15) is 12.2 Å². The number of rotatable bonds is 5. The molecule has 0 radical (unpaired) electrons. The normalized spacial score (nSPS) is 28.3. The molecule has 4 unspecified atom stereocenters. The van der Waals surface area contributed by atoms with Crippen molar-refractivity contribution in [1.29, 1.82) is 0 Å². The van der Waals surface area contributed by atoms with Crippen LogP contribution in [0.25, 0.3) is 0 Å². The lowest BCUT2D eigenvalue weighted by Gasteiger charge is -2.28. The number of carbonyl (C=O) groups excluding carboxylic acids is 1. The highest BCUT2D eigenvalue weighted by Crippen LogP contribution is 2.49. The molecule has 3 rings (SSSR count). The second-order valence-electron chi connectivity index (χ2n) is 6.86. The first-order valence-corrected chi connectivity index (χ1v) is 8.06. The van der Waals surface area contributed by atoms with Crippen LogP contribution in [-0.2, 0) is 11.3 Å². The fraction of sp³-hybridized carbons (Fsp3) is 0.750. The molecule has 0 saturated heterocycles. The molecule has 2 fully saturated rings. The Labute approximate surface area is 129 Å². The molecule has 2 bridgehead atoms. The summed E-state index contributed by atoms with van der Waals surface area (Å²) in [5, 5.41) is 6.98. The van der Waals surface area contributed by atoms with Crippen LogP contribution in [0.5, 0.6) is 0 Å². The molecule has 2 aliphatic carbocycles. The van der Waals surface area contributed by atoms with Gasteiger partial charge in [-0.15, -0.1) is 0 Å². The number of nitrogens with one attached hydrogen (secondary N) is 1. The Balaban J connectivity index is 1.58. The van der Waals surface area contributed by atoms with E-state index in [0.29, 0.717) is 11.6 Å². The van der Waals surface area contributed by atoms with Crippen LogP contribution in [0.15, 0.2) is 6.07 Å². The van der Waals surface area contributed by atoms with Crippen molar-refractivity contribution in [3.8, 4) is 0 Å². The maximum absolute atomic E-state index is 12.9. The number of aromatic nitrogens is 2. The van der Waals surface area contributed by atoms with Crippen molar-refractivity contribution in [3.05, 3.63) is 17.5 Å². The van der Waals surface area contributed by atoms with Gasteiger partial charge in [-0.25, -0.2) is 8.78 Å². The van der Waals surface area contributed by atoms with E-state index in [1.54, 1.807) is 6.92 Å². The van der Waals surface area contributed by atoms with Gasteiger partial charge < -0.3 is 5.32 Å². The summed E-state index contributed by atoms with van der Waals surface area (Å²) in [4.78, 5) is 12.2. The average molecular weight is 311 g/mol. The maximum Gasteiger partial charge on any atom is 0.280 e. The molecular formula is C16H23F2N3O. The molecule has 4 nitrogen and oxygen atoms in total. The minimum atomic E-state index is -2.61. The highest BCUT2D eigenvalue weighted by atomic mass is 19.3. The van der Waals surface area contributed by atoms with Crippen molar-refractivity contribution in [3.63, 3.8) is 0 Å². The number of amides is 1. The standard InChI is InChI=1S/C16H23F2N3O/c1-9-5-14(16(17)18)21(20-9)8-15(22)19-10(2)13-7-11-3-4-12(13)6-11/h5,10-13,16H,3-4,6-8H2,1-2H3,(H,19,22). The van der Waals surface area contributed by atoms with Gasteiger partial charge in [0.15, 0.2) is 0 Å². The van der Waals surface area contributed by atoms with E-state index in [1.165, 1.54) is 31.7 Å². The van der Waals surface area contributed by atoms with E-state index in [2.05, 4.69) is 10.4 Å². The number of hydrogen-bond acceptors (Lipinski definition) is 2. The third kappa shape index (κ3) is 3.01. The van der Waals surface area contributed by atoms with E-state index in [1.807, 2.05) is 6.92 Å². The third-order valence-electron chi connectivity index (χ3n) is 5.27. The second kappa shape index (κ2) is 5.97. The van der Waals surface area contributed by atoms with Gasteiger partial charge in [0, 0.05) is 6.04 Å². The van der Waals surface area contributed by atoms with E-state index in [0.717, 1.165) is 16.5 Å². The van der Waals surface area contributed by atoms with Crippen LogP contribution >= 0.6 is 0 Å². The summed E-state index contributed by atoms with van der Waals surface area (Å²) in [7, 11) is 0. The molecule has 2 saturated carbocycles. The molecule has 0 spiro atoms. The predicted octanol–water partition coefficient (Wildman–Crippen LogP) is 3.07. The molecule has 1 N–H and O–H groups in total. The van der Waals surface area contributed by atoms with Crippen LogP contribution in [-0.4, -0.2) is 21.7 Å². The minimum absolute atomic E-state index is 0.106. The Morgan fingerprint density at radius 2 is 2.23 bits per heavy atom. The van der Waals surface area contributed by atoms with Gasteiger partial charge in [-0.05, 0) is 56.9 Å². The van der Waals surface area contributed by atoms with E-state index in [9.17, 15) is 13.6 Å². The van der Waals surface area contributed by atoms with Crippen LogP contribution in [0.3, 0.4) is 0 Å². The molecule has 1 aromatic rings. The first kappa shape index (κ1) is 15.4. The molecule has 22 heavy (non-hydrogen) atoms. The Hall–Kier alpha value is -1.46. The van der Waals surface area contributed by atoms with Gasteiger partial charge in [0.05, 0.1) is 5.69 Å². The smallest absolute Gasteiger partial charge is 0.280 e. The zero-order chi connectivity index (χ0) is 15.9. The second-order valence-corrected chi connectivity index (χ2v) is 6.86. The van der Waals surface area contributed by atoms with E-state index >= 15 is 0 Å². The number of fused-ring (bicyclic) bond motifs is 2. The van der Waals surface area contributed by atoms with Crippen molar-refractivity contribution in [2.45, 2.75) is 58.5 Å². The van der Waals surface area contributed by atoms with Crippen molar-refractivity contribution in [2.75, 3.05) is 0 Å². The first-order chi connectivity index (χ1) is 10.4. The maximum atomic E-state index is 12.9. The lowest BCUT2D eigenvalue weighted by Crippen LogP contribution is -2.41. The van der Waals surface area contributed by atoms with Crippen LogP contribution in [0, 0.1) is 24.7 Å². The van der Waals surface area contributed by atoms with E-state index in [-0.39, 0.29) is 24.2 Å². The number of alkyl halides is 2. The van der Waals surface area contributed by atoms with Crippen LogP contribution in [0.1, 0.15) is 50.4 Å². The number of aryl methyl sites for hydroxylation is 1. The molecular weight excluding hydrogens is 288 g/mol. The van der Waals surface area contributed by atoms with Crippen molar-refractivity contribution in [2.24, 2.45) is 17.8 Å². The predicted molar refractivity (Wildman–Crippen MR) is 78.5 cm³/mol. The van der Waals surface area contributed by atoms with Gasteiger partial charge in [-0.3, -0.25) is 9.48 Å². The molecule has 122 valence electrons. The summed E-state index contributed by atoms with van der Waals surface area (Å²) in [5.41, 5.74) is 0.310. The zero-order valence-corrected chi connectivity index (χ0v) is 13.1. The van der Waals surface area contributed by atoms with E-state index in [4.69, 9.17) is 0 Å². The summed E-state index contributed by atoms with van der Waals surface area (Å²) in [5.74, 6) is 1.86. The molecule has 1 amide bonds. The highest BCUT2D eigenvalue weighted by molar-refractivity contribution is 5.76. The van der Waals surface area contributed by atoms with Crippen LogP contribution in [0.2, 0.25) is 0 Å². The summed E-state index contributed by atoms with van der Waals surface area (Å²) >= 11 is 0. The number of carbonyl (C=O) groups is 1. The van der Waals surface area contributed by atoms with Gasteiger partial charge in [0.2, 0.25) is 5.91 Å². The van der Waals surface area contributed by atoms with Crippen LogP contribution in [0.4, 0.5) is 8.78 Å². The first-order valence-electron chi connectivity index (χ1n) is 8.06. The lowest BCUT2D eigenvalue weighted by atomic mass is 9.84. The quantitative estimate of drug-likeness (QED) is 0.908. The van der Waals surface area contributed by atoms with Gasteiger partial charge in [0.25, 0.3) is 6.43 Å². The Morgan fingerprint density at radius 1 is 1.45 bits per heavy atom. The molecule has 0 aliphatic heterocycles. The Morgan fingerprint density at radius 3 is 2.82 bits per heavy atom. The highest BCUT2D eigenvalue weighted by Gasteiger charge is 2.42.